The fourth-order valence-corrected chi connectivity index (χ4v) is 4.68. The van der Waals surface area contributed by atoms with Gasteiger partial charge in [-0.25, -0.2) is 12.7 Å². The summed E-state index contributed by atoms with van der Waals surface area (Å²) < 4.78 is 25.6. The van der Waals surface area contributed by atoms with Crippen molar-refractivity contribution in [1.29, 1.82) is 0 Å². The highest BCUT2D eigenvalue weighted by atomic mass is 32.2. The predicted octanol–water partition coefficient (Wildman–Crippen LogP) is 2.11. The number of carbonyl (C=O) groups excluding carboxylic acids is 1. The van der Waals surface area contributed by atoms with Crippen molar-refractivity contribution in [3.05, 3.63) is 35.4 Å². The van der Waals surface area contributed by atoms with Gasteiger partial charge < -0.3 is 5.32 Å². The van der Waals surface area contributed by atoms with Gasteiger partial charge in [-0.1, -0.05) is 31.2 Å². The van der Waals surface area contributed by atoms with Gasteiger partial charge in [0.25, 0.3) is 0 Å². The number of nitrogens with zero attached hydrogens (tertiary/aromatic N) is 1. The summed E-state index contributed by atoms with van der Waals surface area (Å²) in [5, 5.41) is 3.00. The molecule has 6 heteroatoms. The molecule has 1 amide bonds. The van der Waals surface area contributed by atoms with Crippen molar-refractivity contribution in [3.63, 3.8) is 0 Å². The molecule has 1 N–H and O–H groups in total. The second-order valence-corrected chi connectivity index (χ2v) is 8.55. The lowest BCUT2D eigenvalue weighted by Gasteiger charge is -2.30. The zero-order valence-corrected chi connectivity index (χ0v) is 15.4. The fraction of sp³-hybridized carbons (Fsp3) is 0.611. The molecule has 1 fully saturated rings. The Morgan fingerprint density at radius 2 is 1.92 bits per heavy atom. The summed E-state index contributed by atoms with van der Waals surface area (Å²) in [5.74, 6) is 0.173. The lowest BCUT2D eigenvalue weighted by Crippen LogP contribution is -2.44. The Kier molecular flexibility index (Phi) is 6.80. The molecule has 134 valence electrons. The Morgan fingerprint density at radius 1 is 1.25 bits per heavy atom. The first-order chi connectivity index (χ1) is 11.4. The minimum Gasteiger partial charge on any atom is -0.356 e. The van der Waals surface area contributed by atoms with Gasteiger partial charge in [-0.3, -0.25) is 4.79 Å². The quantitative estimate of drug-likeness (QED) is 0.817. The van der Waals surface area contributed by atoms with E-state index in [4.69, 9.17) is 0 Å². The molecule has 0 bridgehead atoms. The molecule has 0 spiro atoms. The topological polar surface area (TPSA) is 66.5 Å². The first kappa shape index (κ1) is 18.9. The summed E-state index contributed by atoms with van der Waals surface area (Å²) in [6.07, 6.45) is 2.67. The summed E-state index contributed by atoms with van der Waals surface area (Å²) in [6.45, 7) is 5.48. The number of sulfonamides is 1. The van der Waals surface area contributed by atoms with Crippen LogP contribution in [0.2, 0.25) is 0 Å². The smallest absolute Gasteiger partial charge is 0.223 e. The molecule has 5 nitrogen and oxygen atoms in total. The number of piperidine rings is 1. The molecule has 1 aromatic rings. The van der Waals surface area contributed by atoms with Gasteiger partial charge in [0.15, 0.2) is 0 Å². The van der Waals surface area contributed by atoms with Gasteiger partial charge in [0.2, 0.25) is 15.9 Å². The average Bonchev–Trinajstić information content (AvgIpc) is 2.56. The maximum Gasteiger partial charge on any atom is 0.223 e. The van der Waals surface area contributed by atoms with Gasteiger partial charge in [-0.05, 0) is 43.7 Å². The minimum absolute atomic E-state index is 0.0520. The third-order valence-electron chi connectivity index (χ3n) is 4.64. The molecule has 1 aliphatic heterocycles. The Morgan fingerprint density at radius 3 is 2.54 bits per heavy atom. The van der Waals surface area contributed by atoms with Gasteiger partial charge in [0.1, 0.15) is 0 Å². The van der Waals surface area contributed by atoms with Crippen LogP contribution in [0.5, 0.6) is 0 Å². The number of nitrogens with one attached hydrogen (secondary N) is 1. The summed E-state index contributed by atoms with van der Waals surface area (Å²) in [6, 6.07) is 8.18. The lowest BCUT2D eigenvalue weighted by molar-refractivity contribution is -0.126. The number of benzene rings is 1. The standard InChI is InChI=1S/C18H28N2O3S/c1-3-14-24(22,23)20-12-9-17(10-13-20)18(21)19-11-8-16-7-5-4-6-15(16)2/h4-7,17H,3,8-14H2,1-2H3,(H,19,21). The number of aryl methyl sites for hydroxylation is 1. The van der Waals surface area contributed by atoms with Crippen LogP contribution in [0.25, 0.3) is 0 Å². The monoisotopic (exact) mass is 352 g/mol. The minimum atomic E-state index is -3.14. The van der Waals surface area contributed by atoms with Crippen LogP contribution < -0.4 is 5.32 Å². The molecule has 0 saturated carbocycles. The van der Waals surface area contributed by atoms with Crippen molar-refractivity contribution in [2.24, 2.45) is 5.92 Å². The molecule has 1 saturated heterocycles. The van der Waals surface area contributed by atoms with Crippen molar-refractivity contribution in [2.45, 2.75) is 39.5 Å². The molecule has 1 aliphatic rings. The molecule has 2 rings (SSSR count). The van der Waals surface area contributed by atoms with Crippen molar-refractivity contribution < 1.29 is 13.2 Å². The van der Waals surface area contributed by atoms with Crippen LogP contribution >= 0.6 is 0 Å². The van der Waals surface area contributed by atoms with Crippen molar-refractivity contribution in [1.82, 2.24) is 9.62 Å². The molecule has 1 aromatic carbocycles. The highest BCUT2D eigenvalue weighted by Gasteiger charge is 2.30. The molecule has 0 radical (unpaired) electrons. The van der Waals surface area contributed by atoms with Crippen LogP contribution in [0.4, 0.5) is 0 Å². The summed E-state index contributed by atoms with van der Waals surface area (Å²) in [4.78, 5) is 12.3. The van der Waals surface area contributed by atoms with E-state index in [9.17, 15) is 13.2 Å². The molecule has 0 unspecified atom stereocenters. The first-order valence-corrected chi connectivity index (χ1v) is 10.3. The van der Waals surface area contributed by atoms with Gasteiger partial charge in [0, 0.05) is 25.6 Å². The fourth-order valence-electron chi connectivity index (χ4n) is 3.14. The molecule has 0 aromatic heterocycles. The molecular weight excluding hydrogens is 324 g/mol. The van der Waals surface area contributed by atoms with Crippen LogP contribution in [0.3, 0.4) is 0 Å². The molecule has 0 atom stereocenters. The number of hydrogen-bond donors (Lipinski definition) is 1. The Labute approximate surface area is 145 Å². The van der Waals surface area contributed by atoms with Crippen LogP contribution in [-0.4, -0.2) is 44.0 Å². The van der Waals surface area contributed by atoms with Crippen molar-refractivity contribution in [3.8, 4) is 0 Å². The Hall–Kier alpha value is -1.40. The van der Waals surface area contributed by atoms with Crippen LogP contribution in [0.15, 0.2) is 24.3 Å². The lowest BCUT2D eigenvalue weighted by atomic mass is 9.97. The summed E-state index contributed by atoms with van der Waals surface area (Å²) >= 11 is 0. The number of hydrogen-bond acceptors (Lipinski definition) is 3. The van der Waals surface area contributed by atoms with E-state index in [1.165, 1.54) is 15.4 Å². The second kappa shape index (κ2) is 8.62. The maximum absolute atomic E-state index is 12.3. The van der Waals surface area contributed by atoms with Crippen molar-refractivity contribution >= 4 is 15.9 Å². The first-order valence-electron chi connectivity index (χ1n) is 8.74. The zero-order chi connectivity index (χ0) is 17.6. The van der Waals surface area contributed by atoms with Crippen LogP contribution in [-0.2, 0) is 21.2 Å². The van der Waals surface area contributed by atoms with Gasteiger partial charge in [-0.2, -0.15) is 0 Å². The zero-order valence-electron chi connectivity index (χ0n) is 14.6. The largest absolute Gasteiger partial charge is 0.356 e. The van der Waals surface area contributed by atoms with E-state index >= 15 is 0 Å². The number of amides is 1. The van der Waals surface area contributed by atoms with E-state index in [-0.39, 0.29) is 17.6 Å². The second-order valence-electron chi connectivity index (χ2n) is 6.46. The van der Waals surface area contributed by atoms with Crippen molar-refractivity contribution in [2.75, 3.05) is 25.4 Å². The third kappa shape index (κ3) is 5.05. The van der Waals surface area contributed by atoms with Gasteiger partial charge >= 0.3 is 0 Å². The van der Waals surface area contributed by atoms with Gasteiger partial charge in [-0.15, -0.1) is 0 Å². The third-order valence-corrected chi connectivity index (χ3v) is 6.71. The summed E-state index contributed by atoms with van der Waals surface area (Å²) in [5.41, 5.74) is 2.49. The number of rotatable bonds is 7. The molecular formula is C18H28N2O3S. The number of carbonyl (C=O) groups is 1. The SMILES string of the molecule is CCCS(=O)(=O)N1CCC(C(=O)NCCc2ccccc2C)CC1. The highest BCUT2D eigenvalue weighted by molar-refractivity contribution is 7.89. The molecule has 0 aliphatic carbocycles. The Balaban J connectivity index is 1.76. The predicted molar refractivity (Wildman–Crippen MR) is 96.3 cm³/mol. The average molecular weight is 353 g/mol. The van der Waals surface area contributed by atoms with Crippen LogP contribution in [0, 0.1) is 12.8 Å². The normalized spacial score (nSPS) is 16.9. The van der Waals surface area contributed by atoms with E-state index in [1.807, 2.05) is 19.1 Å². The van der Waals surface area contributed by atoms with Crippen LogP contribution in [0.1, 0.15) is 37.3 Å². The van der Waals surface area contributed by atoms with Gasteiger partial charge in [0.05, 0.1) is 5.75 Å². The molecule has 24 heavy (non-hydrogen) atoms. The Bertz CT molecular complexity index is 650. The van der Waals surface area contributed by atoms with E-state index < -0.39 is 10.0 Å². The highest BCUT2D eigenvalue weighted by Crippen LogP contribution is 2.20. The maximum atomic E-state index is 12.3. The summed E-state index contributed by atoms with van der Waals surface area (Å²) in [7, 11) is -3.14. The van der Waals surface area contributed by atoms with E-state index in [0.717, 1.165) is 6.42 Å². The molecule has 1 heterocycles. The van der Waals surface area contributed by atoms with E-state index in [1.54, 1.807) is 0 Å². The van der Waals surface area contributed by atoms with E-state index in [2.05, 4.69) is 24.4 Å². The van der Waals surface area contributed by atoms with E-state index in [0.29, 0.717) is 38.9 Å².